The van der Waals surface area contributed by atoms with Gasteiger partial charge in [-0.1, -0.05) is 0 Å². The van der Waals surface area contributed by atoms with Crippen LogP contribution in [0.4, 0.5) is 22.9 Å². The normalized spacial score (nSPS) is 13.7. The average molecular weight is 513 g/mol. The minimum Gasteiger partial charge on any atom is -0.439 e. The van der Waals surface area contributed by atoms with E-state index in [1.165, 1.54) is 18.7 Å². The van der Waals surface area contributed by atoms with Crippen molar-refractivity contribution in [1.29, 1.82) is 0 Å². The number of benzene rings is 2. The van der Waals surface area contributed by atoms with Crippen LogP contribution in [0.3, 0.4) is 0 Å². The molecule has 0 amide bonds. The fourth-order valence-corrected chi connectivity index (χ4v) is 4.51. The van der Waals surface area contributed by atoms with Gasteiger partial charge in [-0.2, -0.15) is 5.10 Å². The van der Waals surface area contributed by atoms with E-state index in [1.54, 1.807) is 23.0 Å². The summed E-state index contributed by atoms with van der Waals surface area (Å²) in [6.07, 6.45) is 4.44. The summed E-state index contributed by atoms with van der Waals surface area (Å²) < 4.78 is 7.53. The van der Waals surface area contributed by atoms with Crippen molar-refractivity contribution in [3.8, 4) is 11.6 Å². The number of fused-ring (bicyclic) bond motifs is 2. The van der Waals surface area contributed by atoms with E-state index >= 15 is 0 Å². The lowest BCUT2D eigenvalue weighted by Gasteiger charge is -2.44. The number of anilines is 3. The molecule has 13 nitrogen and oxygen atoms in total. The molecule has 38 heavy (non-hydrogen) atoms. The highest BCUT2D eigenvalue weighted by molar-refractivity contribution is 6.04. The minimum absolute atomic E-state index is 0.0321. The van der Waals surface area contributed by atoms with Crippen LogP contribution in [0.15, 0.2) is 55.4 Å². The first kappa shape index (κ1) is 23.5. The third kappa shape index (κ3) is 4.18. The fourth-order valence-electron chi connectivity index (χ4n) is 4.51. The summed E-state index contributed by atoms with van der Waals surface area (Å²) in [6, 6.07) is 10.8. The summed E-state index contributed by atoms with van der Waals surface area (Å²) >= 11 is 0. The van der Waals surface area contributed by atoms with E-state index in [1.807, 2.05) is 44.1 Å². The molecule has 0 aliphatic carbocycles. The second-order valence-corrected chi connectivity index (χ2v) is 9.33. The van der Waals surface area contributed by atoms with Crippen LogP contribution in [0.1, 0.15) is 5.56 Å². The number of nitro benzene ring substituents is 1. The molecule has 0 spiro atoms. The van der Waals surface area contributed by atoms with Gasteiger partial charge in [-0.3, -0.25) is 10.1 Å². The van der Waals surface area contributed by atoms with E-state index < -0.39 is 0 Å². The monoisotopic (exact) mass is 512 g/mol. The Bertz CT molecular complexity index is 1680. The van der Waals surface area contributed by atoms with E-state index in [9.17, 15) is 10.1 Å². The Morgan fingerprint density at radius 2 is 1.92 bits per heavy atom. The number of likely N-dealkylation sites (N-methyl/N-ethyl adjacent to an activating group) is 1. The topological polar surface area (TPSA) is 140 Å². The highest BCUT2D eigenvalue weighted by atomic mass is 16.6. The van der Waals surface area contributed by atoms with Crippen molar-refractivity contribution in [2.24, 2.45) is 0 Å². The first-order valence-electron chi connectivity index (χ1n) is 11.9. The molecule has 4 heterocycles. The lowest BCUT2D eigenvalue weighted by Crippen LogP contribution is -2.57. The number of nitrogens with one attached hydrogen (secondary N) is 1. The summed E-state index contributed by atoms with van der Waals surface area (Å²) in [5.74, 6) is 1.53. The molecule has 2 aromatic carbocycles. The van der Waals surface area contributed by atoms with Crippen molar-refractivity contribution in [3.63, 3.8) is 0 Å². The van der Waals surface area contributed by atoms with Crippen molar-refractivity contribution in [3.05, 3.63) is 71.1 Å². The molecule has 1 aliphatic heterocycles. The Labute approximate surface area is 216 Å². The average Bonchev–Trinajstić information content (AvgIpc) is 3.32. The largest absolute Gasteiger partial charge is 0.439 e. The van der Waals surface area contributed by atoms with Crippen molar-refractivity contribution in [1.82, 2.24) is 34.4 Å². The number of aryl methyl sites for hydroxylation is 1. The van der Waals surface area contributed by atoms with Crippen molar-refractivity contribution in [2.75, 3.05) is 37.4 Å². The molecular weight excluding hydrogens is 488 g/mol. The van der Waals surface area contributed by atoms with Gasteiger partial charge in [0.25, 0.3) is 5.69 Å². The molecule has 0 radical (unpaired) electrons. The summed E-state index contributed by atoms with van der Waals surface area (Å²) in [7, 11) is 4.02. The molecule has 0 saturated carbocycles. The van der Waals surface area contributed by atoms with Gasteiger partial charge >= 0.3 is 0 Å². The number of nitrogens with zero attached hydrogens (tertiary/aromatic N) is 9. The lowest BCUT2D eigenvalue weighted by atomic mass is 10.0. The number of rotatable bonds is 7. The number of aromatic nitrogens is 6. The van der Waals surface area contributed by atoms with Gasteiger partial charge in [0.05, 0.1) is 15.8 Å². The van der Waals surface area contributed by atoms with Crippen LogP contribution in [-0.4, -0.2) is 72.6 Å². The van der Waals surface area contributed by atoms with Crippen LogP contribution in [0, 0.1) is 17.0 Å². The minimum atomic E-state index is -0.351. The second kappa shape index (κ2) is 9.19. The van der Waals surface area contributed by atoms with Gasteiger partial charge in [-0.05, 0) is 50.8 Å². The SMILES string of the molecule is Cc1cc(Nc2ncnc3ccc([N+](=O)[O-])c(N4CC(N(C)C)C4)c23)ccc1Oc1cc2ncnn2cn1. The first-order valence-corrected chi connectivity index (χ1v) is 11.9. The predicted molar refractivity (Wildman–Crippen MR) is 141 cm³/mol. The van der Waals surface area contributed by atoms with Gasteiger partial charge < -0.3 is 19.9 Å². The van der Waals surface area contributed by atoms with Gasteiger partial charge in [0, 0.05) is 37.0 Å². The Hall–Kier alpha value is -4.91. The predicted octanol–water partition coefficient (Wildman–Crippen LogP) is 3.57. The van der Waals surface area contributed by atoms with Crippen LogP contribution in [0.25, 0.3) is 16.6 Å². The van der Waals surface area contributed by atoms with Crippen LogP contribution in [0.2, 0.25) is 0 Å². The molecule has 0 bridgehead atoms. The van der Waals surface area contributed by atoms with E-state index in [-0.39, 0.29) is 10.6 Å². The third-order valence-corrected chi connectivity index (χ3v) is 6.66. The number of hydrogen-bond acceptors (Lipinski definition) is 11. The Kier molecular flexibility index (Phi) is 5.68. The quantitative estimate of drug-likeness (QED) is 0.253. The smallest absolute Gasteiger partial charge is 0.293 e. The number of ether oxygens (including phenoxy) is 1. The van der Waals surface area contributed by atoms with E-state index in [0.29, 0.717) is 58.8 Å². The summed E-state index contributed by atoms with van der Waals surface area (Å²) in [5, 5.41) is 20.0. The van der Waals surface area contributed by atoms with Crippen molar-refractivity contribution < 1.29 is 9.66 Å². The van der Waals surface area contributed by atoms with Gasteiger partial charge in [-0.15, -0.1) is 0 Å². The highest BCUT2D eigenvalue weighted by Gasteiger charge is 2.35. The molecule has 6 rings (SSSR count). The summed E-state index contributed by atoms with van der Waals surface area (Å²) in [4.78, 5) is 33.0. The molecule has 1 N–H and O–H groups in total. The van der Waals surface area contributed by atoms with E-state index in [0.717, 1.165) is 11.3 Å². The molecule has 1 saturated heterocycles. The Balaban J connectivity index is 1.33. The molecule has 0 atom stereocenters. The van der Waals surface area contributed by atoms with Gasteiger partial charge in [0.15, 0.2) is 5.65 Å². The Morgan fingerprint density at radius 1 is 1.08 bits per heavy atom. The number of nitro groups is 1. The van der Waals surface area contributed by atoms with E-state index in [4.69, 9.17) is 4.74 Å². The highest BCUT2D eigenvalue weighted by Crippen LogP contribution is 2.42. The third-order valence-electron chi connectivity index (χ3n) is 6.66. The molecule has 13 heteroatoms. The molecule has 5 aromatic rings. The van der Waals surface area contributed by atoms with Crippen LogP contribution in [-0.2, 0) is 0 Å². The van der Waals surface area contributed by atoms with Gasteiger partial charge in [-0.25, -0.2) is 24.5 Å². The first-order chi connectivity index (χ1) is 18.4. The lowest BCUT2D eigenvalue weighted by molar-refractivity contribution is -0.384. The maximum absolute atomic E-state index is 12.0. The second-order valence-electron chi connectivity index (χ2n) is 9.33. The summed E-state index contributed by atoms with van der Waals surface area (Å²) in [6.45, 7) is 3.29. The van der Waals surface area contributed by atoms with Crippen LogP contribution < -0.4 is 15.0 Å². The van der Waals surface area contributed by atoms with Crippen LogP contribution in [0.5, 0.6) is 11.6 Å². The van der Waals surface area contributed by atoms with Crippen LogP contribution >= 0.6 is 0 Å². The maximum atomic E-state index is 12.0. The molecule has 192 valence electrons. The molecule has 1 aliphatic rings. The van der Waals surface area contributed by atoms with E-state index in [2.05, 4.69) is 35.3 Å². The zero-order valence-corrected chi connectivity index (χ0v) is 20.9. The molecule has 3 aromatic heterocycles. The molecular formula is C25H24N10O3. The van der Waals surface area contributed by atoms with Crippen molar-refractivity contribution in [2.45, 2.75) is 13.0 Å². The molecule has 1 fully saturated rings. The standard InChI is InChI=1S/C25H24N10O3/c1-15-8-16(4-7-20(15)38-22-9-21-27-13-30-34(21)14-29-22)31-25-23-18(26-12-28-25)5-6-19(35(36)37)24(23)33-10-17(11-33)32(2)3/h4-9,12-14,17H,10-11H2,1-3H3,(H,26,28,31). The van der Waals surface area contributed by atoms with Gasteiger partial charge in [0.1, 0.15) is 36.2 Å². The zero-order valence-electron chi connectivity index (χ0n) is 20.9. The molecule has 0 unspecified atom stereocenters. The maximum Gasteiger partial charge on any atom is 0.293 e. The summed E-state index contributed by atoms with van der Waals surface area (Å²) in [5.41, 5.74) is 3.43. The van der Waals surface area contributed by atoms with Crippen molar-refractivity contribution >= 4 is 39.4 Å². The number of hydrogen-bond donors (Lipinski definition) is 1. The Morgan fingerprint density at radius 3 is 2.68 bits per heavy atom. The fraction of sp³-hybridized carbons (Fsp3) is 0.240. The van der Waals surface area contributed by atoms with Gasteiger partial charge in [0.2, 0.25) is 5.88 Å². The zero-order chi connectivity index (χ0) is 26.4.